The van der Waals surface area contributed by atoms with E-state index in [1.807, 2.05) is 0 Å². The van der Waals surface area contributed by atoms with Crippen molar-refractivity contribution in [2.24, 2.45) is 0 Å². The first kappa shape index (κ1) is 26.5. The number of urea groups is 1. The van der Waals surface area contributed by atoms with Crippen LogP contribution < -0.4 is 24.4 Å². The number of carbonyl (C=O) groups excluding carboxylic acids is 4. The van der Waals surface area contributed by atoms with Gasteiger partial charge in [-0.2, -0.15) is 0 Å². The molecule has 1 aliphatic rings. The predicted octanol–water partition coefficient (Wildman–Crippen LogP) is 3.89. The topological polar surface area (TPSA) is 154 Å². The summed E-state index contributed by atoms with van der Waals surface area (Å²) in [4.78, 5) is 61.8. The number of nitrogens with zero attached hydrogens (tertiary/aromatic N) is 2. The van der Waals surface area contributed by atoms with Gasteiger partial charge in [-0.1, -0.05) is 6.07 Å². The second-order valence-electron chi connectivity index (χ2n) is 7.99. The van der Waals surface area contributed by atoms with Crippen LogP contribution in [0.1, 0.15) is 22.8 Å². The van der Waals surface area contributed by atoms with E-state index in [4.69, 9.17) is 14.2 Å². The van der Waals surface area contributed by atoms with Crippen LogP contribution in [-0.2, 0) is 9.59 Å². The number of imide groups is 2. The van der Waals surface area contributed by atoms with E-state index < -0.39 is 28.7 Å². The molecule has 0 spiro atoms. The largest absolute Gasteiger partial charge is 0.497 e. The number of benzene rings is 3. The highest BCUT2D eigenvalue weighted by molar-refractivity contribution is 6.39. The molecule has 0 unspecified atom stereocenters. The van der Waals surface area contributed by atoms with Crippen molar-refractivity contribution in [2.75, 3.05) is 18.6 Å². The van der Waals surface area contributed by atoms with E-state index in [1.165, 1.54) is 67.8 Å². The molecule has 0 aliphatic carbocycles. The quantitative estimate of drug-likeness (QED) is 0.114. The molecule has 3 aromatic rings. The molecule has 1 aliphatic heterocycles. The molecule has 198 valence electrons. The SMILES string of the molecule is CCOc1cc(/C=C2\C(=O)NC(=O)N(c3ccc(OC)cc3)C2=O)ccc1OC(=O)c1ccc([N+](=O)[O-])cc1. The zero-order valence-corrected chi connectivity index (χ0v) is 20.7. The zero-order valence-electron chi connectivity index (χ0n) is 20.7. The average molecular weight is 531 g/mol. The molecule has 12 heteroatoms. The summed E-state index contributed by atoms with van der Waals surface area (Å²) in [5, 5.41) is 13.0. The molecule has 0 aromatic heterocycles. The number of nitro groups is 1. The van der Waals surface area contributed by atoms with Crippen molar-refractivity contribution in [3.05, 3.63) is 93.5 Å². The highest BCUT2D eigenvalue weighted by Crippen LogP contribution is 2.31. The highest BCUT2D eigenvalue weighted by atomic mass is 16.6. The number of nitro benzene ring substituents is 1. The summed E-state index contributed by atoms with van der Waals surface area (Å²) in [5.74, 6) is -1.76. The Labute approximate surface area is 221 Å². The fourth-order valence-electron chi connectivity index (χ4n) is 3.63. The second kappa shape index (κ2) is 11.3. The lowest BCUT2D eigenvalue weighted by molar-refractivity contribution is -0.384. The number of hydrogen-bond acceptors (Lipinski definition) is 9. The summed E-state index contributed by atoms with van der Waals surface area (Å²) in [6, 6.07) is 14.5. The highest BCUT2D eigenvalue weighted by Gasteiger charge is 2.36. The molecule has 0 saturated carbocycles. The Morgan fingerprint density at radius 3 is 2.31 bits per heavy atom. The Balaban J connectivity index is 1.60. The molecule has 1 fully saturated rings. The van der Waals surface area contributed by atoms with Gasteiger partial charge in [-0.25, -0.2) is 14.5 Å². The van der Waals surface area contributed by atoms with Crippen molar-refractivity contribution in [2.45, 2.75) is 6.92 Å². The lowest BCUT2D eigenvalue weighted by atomic mass is 10.1. The van der Waals surface area contributed by atoms with Gasteiger partial charge >= 0.3 is 12.0 Å². The summed E-state index contributed by atoms with van der Waals surface area (Å²) in [6.45, 7) is 1.92. The molecular formula is C27H21N3O9. The molecule has 39 heavy (non-hydrogen) atoms. The van der Waals surface area contributed by atoms with Gasteiger partial charge in [0, 0.05) is 12.1 Å². The van der Waals surface area contributed by atoms with E-state index in [1.54, 1.807) is 19.1 Å². The predicted molar refractivity (Wildman–Crippen MR) is 138 cm³/mol. The van der Waals surface area contributed by atoms with Crippen LogP contribution in [0, 0.1) is 10.1 Å². The number of nitrogens with one attached hydrogen (secondary N) is 1. The van der Waals surface area contributed by atoms with Crippen LogP contribution in [0.3, 0.4) is 0 Å². The molecule has 0 bridgehead atoms. The zero-order chi connectivity index (χ0) is 28.1. The van der Waals surface area contributed by atoms with Crippen molar-refractivity contribution < 1.29 is 38.3 Å². The van der Waals surface area contributed by atoms with Gasteiger partial charge in [-0.15, -0.1) is 0 Å². The number of anilines is 1. The van der Waals surface area contributed by atoms with Gasteiger partial charge in [-0.05, 0) is 67.1 Å². The minimum Gasteiger partial charge on any atom is -0.497 e. The van der Waals surface area contributed by atoms with Crippen LogP contribution in [0.25, 0.3) is 6.08 Å². The average Bonchev–Trinajstić information content (AvgIpc) is 2.92. The van der Waals surface area contributed by atoms with E-state index >= 15 is 0 Å². The van der Waals surface area contributed by atoms with E-state index in [-0.39, 0.29) is 40.6 Å². The third-order valence-corrected chi connectivity index (χ3v) is 5.53. The molecular weight excluding hydrogens is 510 g/mol. The Morgan fingerprint density at radius 2 is 1.69 bits per heavy atom. The van der Waals surface area contributed by atoms with Crippen LogP contribution in [0.5, 0.6) is 17.2 Å². The first-order valence-corrected chi connectivity index (χ1v) is 11.5. The standard InChI is InChI=1S/C27H21N3O9/c1-3-38-23-15-16(4-13-22(23)39-26(33)17-5-7-19(8-6-17)30(35)36)14-21-24(31)28-27(34)29(25(21)32)18-9-11-20(37-2)12-10-18/h4-15H,3H2,1-2H3,(H,28,31,34)/b21-14+. The number of amides is 4. The minimum absolute atomic E-state index is 0.0526. The maximum atomic E-state index is 13.2. The maximum absolute atomic E-state index is 13.2. The normalized spacial score (nSPS) is 14.2. The lowest BCUT2D eigenvalue weighted by Crippen LogP contribution is -2.54. The third-order valence-electron chi connectivity index (χ3n) is 5.53. The molecule has 1 N–H and O–H groups in total. The van der Waals surface area contributed by atoms with Crippen LogP contribution in [0.2, 0.25) is 0 Å². The van der Waals surface area contributed by atoms with Gasteiger partial charge < -0.3 is 14.2 Å². The number of methoxy groups -OCH3 is 1. The van der Waals surface area contributed by atoms with Gasteiger partial charge in [0.15, 0.2) is 11.5 Å². The number of esters is 1. The number of barbiturate groups is 1. The number of non-ortho nitro benzene ring substituents is 1. The smallest absolute Gasteiger partial charge is 0.343 e. The molecule has 4 amide bonds. The first-order chi connectivity index (χ1) is 18.7. The molecule has 1 heterocycles. The van der Waals surface area contributed by atoms with Gasteiger partial charge in [0.1, 0.15) is 11.3 Å². The summed E-state index contributed by atoms with van der Waals surface area (Å²) in [5.41, 5.74) is 0.203. The molecule has 1 saturated heterocycles. The molecule has 0 atom stereocenters. The van der Waals surface area contributed by atoms with E-state index in [2.05, 4.69) is 5.32 Å². The number of rotatable bonds is 8. The molecule has 4 rings (SSSR count). The van der Waals surface area contributed by atoms with E-state index in [0.717, 1.165) is 4.90 Å². The fourth-order valence-corrected chi connectivity index (χ4v) is 3.63. The van der Waals surface area contributed by atoms with Crippen molar-refractivity contribution in [1.82, 2.24) is 5.32 Å². The molecule has 12 nitrogen and oxygen atoms in total. The number of hydrogen-bond donors (Lipinski definition) is 1. The Morgan fingerprint density at radius 1 is 1.00 bits per heavy atom. The summed E-state index contributed by atoms with van der Waals surface area (Å²) < 4.78 is 16.1. The van der Waals surface area contributed by atoms with Crippen LogP contribution >= 0.6 is 0 Å². The van der Waals surface area contributed by atoms with Crippen molar-refractivity contribution in [1.29, 1.82) is 0 Å². The van der Waals surface area contributed by atoms with Crippen molar-refractivity contribution >= 4 is 41.3 Å². The second-order valence-corrected chi connectivity index (χ2v) is 7.99. The van der Waals surface area contributed by atoms with Crippen molar-refractivity contribution in [3.63, 3.8) is 0 Å². The summed E-state index contributed by atoms with van der Waals surface area (Å²) in [7, 11) is 1.48. The van der Waals surface area contributed by atoms with Crippen LogP contribution in [0.15, 0.2) is 72.3 Å². The molecule has 0 radical (unpaired) electrons. The summed E-state index contributed by atoms with van der Waals surface area (Å²) >= 11 is 0. The van der Waals surface area contributed by atoms with E-state index in [9.17, 15) is 29.3 Å². The number of ether oxygens (including phenoxy) is 3. The van der Waals surface area contributed by atoms with Crippen LogP contribution in [0.4, 0.5) is 16.2 Å². The van der Waals surface area contributed by atoms with Crippen LogP contribution in [-0.4, -0.2) is 42.5 Å². The van der Waals surface area contributed by atoms with Crippen molar-refractivity contribution in [3.8, 4) is 17.2 Å². The van der Waals surface area contributed by atoms with Gasteiger partial charge in [0.25, 0.3) is 17.5 Å². The van der Waals surface area contributed by atoms with Gasteiger partial charge in [-0.3, -0.25) is 25.0 Å². The van der Waals surface area contributed by atoms with Gasteiger partial charge in [0.2, 0.25) is 0 Å². The monoisotopic (exact) mass is 531 g/mol. The molecule has 3 aromatic carbocycles. The third kappa shape index (κ3) is 5.74. The van der Waals surface area contributed by atoms with E-state index in [0.29, 0.717) is 11.3 Å². The fraction of sp³-hybridized carbons (Fsp3) is 0.111. The lowest BCUT2D eigenvalue weighted by Gasteiger charge is -2.26. The van der Waals surface area contributed by atoms with Gasteiger partial charge in [0.05, 0.1) is 29.9 Å². The summed E-state index contributed by atoms with van der Waals surface area (Å²) in [6.07, 6.45) is 1.28. The Hall–Kier alpha value is -5.52. The minimum atomic E-state index is -0.893. The number of carbonyl (C=O) groups is 4. The first-order valence-electron chi connectivity index (χ1n) is 11.5. The Bertz CT molecular complexity index is 1500. The maximum Gasteiger partial charge on any atom is 0.343 e. The Kier molecular flexibility index (Phi) is 7.66.